The topological polar surface area (TPSA) is 63.8 Å². The van der Waals surface area contributed by atoms with Crippen molar-refractivity contribution in [3.05, 3.63) is 47.4 Å². The summed E-state index contributed by atoms with van der Waals surface area (Å²) < 4.78 is 37.3. The molecule has 4 nitrogen and oxygen atoms in total. The normalized spacial score (nSPS) is 11.2. The van der Waals surface area contributed by atoms with Gasteiger partial charge in [0, 0.05) is 5.69 Å². The molecular weight excluding hydrogens is 301 g/mol. The van der Waals surface area contributed by atoms with Gasteiger partial charge in [-0.2, -0.15) is 13.2 Å². The summed E-state index contributed by atoms with van der Waals surface area (Å²) in [5, 5.41) is 2.86. The molecular formula is C13H11F3N4S. The number of halogens is 3. The fraction of sp³-hybridized carbons (Fsp3) is 0.154. The van der Waals surface area contributed by atoms with Crippen LogP contribution in [-0.4, -0.2) is 15.0 Å². The third-order valence-electron chi connectivity index (χ3n) is 2.62. The maximum absolute atomic E-state index is 12.4. The lowest BCUT2D eigenvalue weighted by molar-refractivity contribution is -0.141. The van der Waals surface area contributed by atoms with Crippen LogP contribution in [-0.2, 0) is 6.18 Å². The number of aromatic nitrogens is 2. The highest BCUT2D eigenvalue weighted by atomic mass is 32.1. The summed E-state index contributed by atoms with van der Waals surface area (Å²) in [6, 6.07) is 5.59. The third kappa shape index (κ3) is 3.66. The van der Waals surface area contributed by atoms with Crippen molar-refractivity contribution in [2.75, 3.05) is 5.32 Å². The van der Waals surface area contributed by atoms with Crippen LogP contribution in [0.15, 0.2) is 30.5 Å². The van der Waals surface area contributed by atoms with Crippen LogP contribution >= 0.6 is 12.2 Å². The predicted octanol–water partition coefficient (Wildman–Crippen LogP) is 3.18. The van der Waals surface area contributed by atoms with E-state index in [0.717, 1.165) is 18.0 Å². The summed E-state index contributed by atoms with van der Waals surface area (Å²) >= 11 is 4.91. The summed E-state index contributed by atoms with van der Waals surface area (Å²) in [5.74, 6) is 0.379. The molecule has 0 radical (unpaired) electrons. The first-order valence-electron chi connectivity index (χ1n) is 5.85. The second kappa shape index (κ2) is 5.65. The maximum atomic E-state index is 12.4. The Labute approximate surface area is 124 Å². The molecule has 0 atom stereocenters. The van der Waals surface area contributed by atoms with Crippen LogP contribution < -0.4 is 11.1 Å². The number of alkyl halides is 3. The monoisotopic (exact) mass is 312 g/mol. The Kier molecular flexibility index (Phi) is 4.08. The van der Waals surface area contributed by atoms with Crippen molar-refractivity contribution in [1.82, 2.24) is 9.97 Å². The molecule has 0 amide bonds. The van der Waals surface area contributed by atoms with Crippen molar-refractivity contribution in [2.45, 2.75) is 13.1 Å². The van der Waals surface area contributed by atoms with Crippen molar-refractivity contribution in [3.8, 4) is 0 Å². The first-order valence-corrected chi connectivity index (χ1v) is 6.26. The van der Waals surface area contributed by atoms with Gasteiger partial charge in [-0.3, -0.25) is 0 Å². The summed E-state index contributed by atoms with van der Waals surface area (Å²) in [6.07, 6.45) is -3.39. The van der Waals surface area contributed by atoms with Crippen LogP contribution in [0.4, 0.5) is 24.7 Å². The van der Waals surface area contributed by atoms with Crippen molar-refractivity contribution in [3.63, 3.8) is 0 Å². The van der Waals surface area contributed by atoms with E-state index in [4.69, 9.17) is 18.0 Å². The highest BCUT2D eigenvalue weighted by molar-refractivity contribution is 7.80. The quantitative estimate of drug-likeness (QED) is 0.852. The van der Waals surface area contributed by atoms with E-state index in [2.05, 4.69) is 15.3 Å². The van der Waals surface area contributed by atoms with E-state index < -0.39 is 11.9 Å². The van der Waals surface area contributed by atoms with Gasteiger partial charge in [-0.05, 0) is 31.2 Å². The number of hydrogen-bond acceptors (Lipinski definition) is 4. The summed E-state index contributed by atoms with van der Waals surface area (Å²) in [7, 11) is 0. The molecule has 0 saturated carbocycles. The van der Waals surface area contributed by atoms with Gasteiger partial charge in [0.05, 0.1) is 17.4 Å². The highest BCUT2D eigenvalue weighted by Crippen LogP contribution is 2.28. The number of aryl methyl sites for hydroxylation is 1. The van der Waals surface area contributed by atoms with Crippen LogP contribution in [0, 0.1) is 6.92 Å². The Morgan fingerprint density at radius 1 is 1.24 bits per heavy atom. The van der Waals surface area contributed by atoms with E-state index in [0.29, 0.717) is 17.1 Å². The molecule has 0 aromatic carbocycles. The van der Waals surface area contributed by atoms with E-state index >= 15 is 0 Å². The standard InChI is InChI=1S/C13H11F3N4S/c1-7-2-4-9(11(17)21)12(19-7)20-8-3-5-10(18-6-8)13(14,15)16/h2-6H,1H3,(H2,17,21)(H,19,20). The van der Waals surface area contributed by atoms with Gasteiger partial charge in [0.15, 0.2) is 0 Å². The smallest absolute Gasteiger partial charge is 0.389 e. The lowest BCUT2D eigenvalue weighted by atomic mass is 10.2. The zero-order chi connectivity index (χ0) is 15.6. The van der Waals surface area contributed by atoms with Crippen LogP contribution in [0.25, 0.3) is 0 Å². The fourth-order valence-corrected chi connectivity index (χ4v) is 1.79. The van der Waals surface area contributed by atoms with Gasteiger partial charge in [0.1, 0.15) is 16.5 Å². The van der Waals surface area contributed by atoms with E-state index in [1.54, 1.807) is 19.1 Å². The number of nitrogens with one attached hydrogen (secondary N) is 1. The lowest BCUT2D eigenvalue weighted by Gasteiger charge is -2.11. The number of anilines is 2. The number of thiocarbonyl (C=S) groups is 1. The molecule has 0 spiro atoms. The minimum atomic E-state index is -4.47. The Morgan fingerprint density at radius 3 is 2.48 bits per heavy atom. The fourth-order valence-electron chi connectivity index (χ4n) is 1.62. The van der Waals surface area contributed by atoms with Crippen molar-refractivity contribution in [1.29, 1.82) is 0 Å². The largest absolute Gasteiger partial charge is 0.433 e. The van der Waals surface area contributed by atoms with E-state index in [9.17, 15) is 13.2 Å². The molecule has 2 heterocycles. The molecule has 2 aromatic rings. The first-order chi connectivity index (χ1) is 9.77. The highest BCUT2D eigenvalue weighted by Gasteiger charge is 2.32. The molecule has 0 aliphatic carbocycles. The van der Waals surface area contributed by atoms with Gasteiger partial charge >= 0.3 is 6.18 Å². The van der Waals surface area contributed by atoms with Gasteiger partial charge in [-0.1, -0.05) is 12.2 Å². The Bertz CT molecular complexity index is 668. The Hall–Kier alpha value is -2.22. The average molecular weight is 312 g/mol. The van der Waals surface area contributed by atoms with Gasteiger partial charge < -0.3 is 11.1 Å². The summed E-state index contributed by atoms with van der Waals surface area (Å²) in [5.41, 5.74) is 6.22. The van der Waals surface area contributed by atoms with Gasteiger partial charge in [0.2, 0.25) is 0 Å². The van der Waals surface area contributed by atoms with Gasteiger partial charge in [-0.15, -0.1) is 0 Å². The minimum Gasteiger partial charge on any atom is -0.389 e. The van der Waals surface area contributed by atoms with Crippen molar-refractivity contribution in [2.24, 2.45) is 5.73 Å². The van der Waals surface area contributed by atoms with Crippen LogP contribution in [0.5, 0.6) is 0 Å². The second-order valence-electron chi connectivity index (χ2n) is 4.27. The summed E-state index contributed by atoms with van der Waals surface area (Å²) in [4.78, 5) is 7.74. The van der Waals surface area contributed by atoms with Crippen molar-refractivity contribution < 1.29 is 13.2 Å². The predicted molar refractivity (Wildman–Crippen MR) is 77.4 cm³/mol. The summed E-state index contributed by atoms with van der Waals surface area (Å²) in [6.45, 7) is 1.78. The number of nitrogens with zero attached hydrogens (tertiary/aromatic N) is 2. The molecule has 2 rings (SSSR count). The van der Waals surface area contributed by atoms with Gasteiger partial charge in [0.25, 0.3) is 0 Å². The molecule has 0 bridgehead atoms. The molecule has 8 heteroatoms. The molecule has 110 valence electrons. The molecule has 21 heavy (non-hydrogen) atoms. The molecule has 0 aliphatic rings. The van der Waals surface area contributed by atoms with Crippen LogP contribution in [0.2, 0.25) is 0 Å². The molecule has 0 unspecified atom stereocenters. The molecule has 0 fully saturated rings. The maximum Gasteiger partial charge on any atom is 0.433 e. The van der Waals surface area contributed by atoms with E-state index in [1.807, 2.05) is 0 Å². The van der Waals surface area contributed by atoms with Crippen LogP contribution in [0.1, 0.15) is 17.0 Å². The Balaban J connectivity index is 2.30. The molecule has 0 saturated heterocycles. The average Bonchev–Trinajstić information content (AvgIpc) is 2.38. The first kappa shape index (κ1) is 15.2. The number of rotatable bonds is 3. The SMILES string of the molecule is Cc1ccc(C(N)=S)c(Nc2ccc(C(F)(F)F)nc2)n1. The van der Waals surface area contributed by atoms with Crippen molar-refractivity contribution >= 4 is 28.7 Å². The molecule has 3 N–H and O–H groups in total. The van der Waals surface area contributed by atoms with Crippen LogP contribution in [0.3, 0.4) is 0 Å². The number of pyridine rings is 2. The van der Waals surface area contributed by atoms with E-state index in [-0.39, 0.29) is 4.99 Å². The second-order valence-corrected chi connectivity index (χ2v) is 4.71. The van der Waals surface area contributed by atoms with Gasteiger partial charge in [-0.25, -0.2) is 9.97 Å². The molecule has 0 aliphatic heterocycles. The zero-order valence-corrected chi connectivity index (χ0v) is 11.7. The number of hydrogen-bond donors (Lipinski definition) is 2. The zero-order valence-electron chi connectivity index (χ0n) is 10.9. The Morgan fingerprint density at radius 2 is 1.95 bits per heavy atom. The number of nitrogens with two attached hydrogens (primary N) is 1. The molecule has 2 aromatic heterocycles. The minimum absolute atomic E-state index is 0.143. The van der Waals surface area contributed by atoms with E-state index in [1.165, 1.54) is 6.07 Å². The third-order valence-corrected chi connectivity index (χ3v) is 2.84. The lowest BCUT2D eigenvalue weighted by Crippen LogP contribution is -2.13.